The van der Waals surface area contributed by atoms with Crippen LogP contribution in [0, 0.1) is 11.8 Å². The minimum atomic E-state index is -2.66. The molecule has 40 heavy (non-hydrogen) atoms. The predicted molar refractivity (Wildman–Crippen MR) is 141 cm³/mol. The first-order valence-corrected chi connectivity index (χ1v) is 13.3. The number of nitrogens with one attached hydrogen (secondary N) is 1. The first-order valence-electron chi connectivity index (χ1n) is 13.3. The molecule has 0 saturated heterocycles. The van der Waals surface area contributed by atoms with Gasteiger partial charge in [-0.1, -0.05) is 0 Å². The lowest BCUT2D eigenvalue weighted by Gasteiger charge is -2.50. The van der Waals surface area contributed by atoms with Crippen molar-refractivity contribution in [2.24, 2.45) is 17.6 Å². The lowest BCUT2D eigenvalue weighted by molar-refractivity contribution is -0.148. The van der Waals surface area contributed by atoms with Gasteiger partial charge < -0.3 is 35.9 Å². The van der Waals surface area contributed by atoms with Gasteiger partial charge in [-0.05, 0) is 75.5 Å². The summed E-state index contributed by atoms with van der Waals surface area (Å²) in [5.74, 6) is -5.53. The van der Waals surface area contributed by atoms with Crippen LogP contribution in [0.25, 0.3) is 11.3 Å². The molecule has 7 N–H and O–H groups in total. The average Bonchev–Trinajstić information content (AvgIpc) is 3.60. The molecule has 4 aliphatic rings. The number of carbonyl (C=O) groups excluding carboxylic acids is 3. The van der Waals surface area contributed by atoms with Crippen molar-refractivity contribution in [3.8, 4) is 17.1 Å². The smallest absolute Gasteiger partial charge is 0.255 e. The van der Waals surface area contributed by atoms with E-state index in [9.17, 15) is 34.8 Å². The fraction of sp³-hybridized carbons (Fsp3) is 0.414. The topological polar surface area (TPSA) is 187 Å². The number of hydrogen-bond acceptors (Lipinski definition) is 10. The van der Waals surface area contributed by atoms with Gasteiger partial charge >= 0.3 is 0 Å². The van der Waals surface area contributed by atoms with Crippen LogP contribution >= 0.6 is 0 Å². The number of nitrogens with two attached hydrogens (primary N) is 1. The highest BCUT2D eigenvalue weighted by Gasteiger charge is 2.63. The number of carbonyl (C=O) groups is 3. The maximum Gasteiger partial charge on any atom is 0.255 e. The van der Waals surface area contributed by atoms with E-state index in [0.29, 0.717) is 29.5 Å². The number of ketones is 2. The summed E-state index contributed by atoms with van der Waals surface area (Å²) in [5, 5.41) is 48.1. The number of amides is 1. The van der Waals surface area contributed by atoms with Crippen LogP contribution in [-0.2, 0) is 22.6 Å². The molecular weight excluding hydrogens is 518 g/mol. The number of furan rings is 1. The molecule has 1 amide bonds. The number of phenolic OH excluding ortho intramolecular Hbond substituents is 1. The second-order valence-corrected chi connectivity index (χ2v) is 11.4. The molecule has 1 heterocycles. The third kappa shape index (κ3) is 3.72. The summed E-state index contributed by atoms with van der Waals surface area (Å²) in [6, 6.07) is 6.16. The van der Waals surface area contributed by atoms with E-state index in [4.69, 9.17) is 10.2 Å². The summed E-state index contributed by atoms with van der Waals surface area (Å²) in [6.45, 7) is 0.567. The summed E-state index contributed by atoms with van der Waals surface area (Å²) < 4.78 is 6.07. The number of likely N-dealkylation sites (N-methyl/N-ethyl adjacent to an activating group) is 1. The Morgan fingerprint density at radius 3 is 2.52 bits per heavy atom. The molecule has 0 spiro atoms. The van der Waals surface area contributed by atoms with Crippen molar-refractivity contribution < 1.29 is 39.2 Å². The van der Waals surface area contributed by atoms with Gasteiger partial charge in [0.25, 0.3) is 5.91 Å². The number of Topliss-reactive ketones (excluding diaryl/α,β-unsaturated/α-hetero) is 2. The quantitative estimate of drug-likeness (QED) is 0.289. The number of fused-ring (bicyclic) bond motifs is 3. The molecule has 6 rings (SSSR count). The second kappa shape index (κ2) is 9.05. The van der Waals surface area contributed by atoms with Crippen molar-refractivity contribution in [3.05, 3.63) is 63.8 Å². The Hall–Kier alpha value is -3.93. The normalized spacial score (nSPS) is 28.1. The van der Waals surface area contributed by atoms with E-state index in [2.05, 4.69) is 5.32 Å². The van der Waals surface area contributed by atoms with E-state index in [1.807, 2.05) is 6.07 Å². The Bertz CT molecular complexity index is 1530. The summed E-state index contributed by atoms with van der Waals surface area (Å²) in [4.78, 5) is 40.9. The Kier molecular flexibility index (Phi) is 5.95. The molecular formula is C29H31N3O8. The van der Waals surface area contributed by atoms with E-state index < -0.39 is 58.0 Å². The van der Waals surface area contributed by atoms with E-state index in [0.717, 1.165) is 18.6 Å². The van der Waals surface area contributed by atoms with Crippen LogP contribution in [-0.4, -0.2) is 74.6 Å². The molecule has 0 aliphatic heterocycles. The van der Waals surface area contributed by atoms with E-state index in [1.165, 1.54) is 11.0 Å². The molecule has 4 aliphatic carbocycles. The standard InChI is InChI=1S/C29H31N3O8/c1-32(2)23-17-10-12-9-16-15(19-8-5-14(40-19)11-31-13-3-4-13)6-7-18(33)21(16)24(34)20(12)26(36)29(17,39)27(37)22(25(23)35)28(30)38/h5-8,12-13,17,23,31,33,35-36,39H,3-4,9-11H2,1-2H3,(H2,30,38)/t12-,17-,23?,29-/m1/s1. The largest absolute Gasteiger partial charge is 0.510 e. The molecule has 2 aromatic rings. The molecule has 11 nitrogen and oxygen atoms in total. The van der Waals surface area contributed by atoms with Gasteiger partial charge in [-0.2, -0.15) is 0 Å². The van der Waals surface area contributed by atoms with Crippen LogP contribution in [0.1, 0.15) is 40.9 Å². The van der Waals surface area contributed by atoms with Crippen molar-refractivity contribution in [2.75, 3.05) is 14.1 Å². The molecule has 4 atom stereocenters. The number of nitrogens with zero attached hydrogens (tertiary/aromatic N) is 1. The molecule has 0 bridgehead atoms. The van der Waals surface area contributed by atoms with Crippen molar-refractivity contribution in [1.82, 2.24) is 10.2 Å². The molecule has 210 valence electrons. The fourth-order valence-electron chi connectivity index (χ4n) is 6.63. The minimum Gasteiger partial charge on any atom is -0.510 e. The lowest BCUT2D eigenvalue weighted by Crippen LogP contribution is -2.63. The zero-order valence-corrected chi connectivity index (χ0v) is 22.1. The number of aliphatic hydroxyl groups is 3. The van der Waals surface area contributed by atoms with Gasteiger partial charge in [-0.3, -0.25) is 19.3 Å². The van der Waals surface area contributed by atoms with Crippen LogP contribution in [0.3, 0.4) is 0 Å². The van der Waals surface area contributed by atoms with Crippen LogP contribution in [0.5, 0.6) is 5.75 Å². The summed E-state index contributed by atoms with van der Waals surface area (Å²) in [7, 11) is 3.19. The number of allylic oxidation sites excluding steroid dienone is 1. The molecule has 1 saturated carbocycles. The number of hydrogen-bond donors (Lipinski definition) is 6. The molecule has 1 aromatic heterocycles. The van der Waals surface area contributed by atoms with E-state index in [-0.39, 0.29) is 29.7 Å². The first-order chi connectivity index (χ1) is 18.9. The second-order valence-electron chi connectivity index (χ2n) is 11.4. The third-order valence-electron chi connectivity index (χ3n) is 8.68. The first kappa shape index (κ1) is 26.3. The molecule has 11 heteroatoms. The maximum atomic E-state index is 13.9. The van der Waals surface area contributed by atoms with Gasteiger partial charge in [0, 0.05) is 23.1 Å². The van der Waals surface area contributed by atoms with Crippen LogP contribution in [0.2, 0.25) is 0 Å². The minimum absolute atomic E-state index is 0.0234. The van der Waals surface area contributed by atoms with Crippen LogP contribution in [0.15, 0.2) is 51.3 Å². The van der Waals surface area contributed by atoms with Crippen molar-refractivity contribution >= 4 is 17.5 Å². The van der Waals surface area contributed by atoms with Gasteiger partial charge in [0.2, 0.25) is 5.78 Å². The Morgan fingerprint density at radius 1 is 1.15 bits per heavy atom. The molecule has 1 unspecified atom stereocenters. The van der Waals surface area contributed by atoms with Gasteiger partial charge in [-0.15, -0.1) is 0 Å². The monoisotopic (exact) mass is 549 g/mol. The highest BCUT2D eigenvalue weighted by Crippen LogP contribution is 2.53. The lowest BCUT2D eigenvalue weighted by atomic mass is 9.58. The Balaban J connectivity index is 1.46. The molecule has 1 fully saturated rings. The maximum absolute atomic E-state index is 13.9. The molecule has 1 aromatic carbocycles. The van der Waals surface area contributed by atoms with Crippen LogP contribution < -0.4 is 11.1 Å². The molecule has 0 radical (unpaired) electrons. The highest BCUT2D eigenvalue weighted by atomic mass is 16.4. The number of primary amides is 1. The number of aromatic hydroxyl groups is 1. The highest BCUT2D eigenvalue weighted by molar-refractivity contribution is 6.24. The fourth-order valence-corrected chi connectivity index (χ4v) is 6.63. The van der Waals surface area contributed by atoms with Crippen molar-refractivity contribution in [3.63, 3.8) is 0 Å². The zero-order valence-electron chi connectivity index (χ0n) is 22.1. The number of benzene rings is 1. The van der Waals surface area contributed by atoms with Crippen molar-refractivity contribution in [2.45, 2.75) is 49.9 Å². The summed E-state index contributed by atoms with van der Waals surface area (Å²) >= 11 is 0. The Morgan fingerprint density at radius 2 is 1.88 bits per heavy atom. The number of rotatable bonds is 6. The van der Waals surface area contributed by atoms with E-state index >= 15 is 0 Å². The zero-order chi connectivity index (χ0) is 28.7. The summed E-state index contributed by atoms with van der Waals surface area (Å²) in [5.41, 5.74) is 2.77. The van der Waals surface area contributed by atoms with Gasteiger partial charge in [0.1, 0.15) is 34.4 Å². The predicted octanol–water partition coefficient (Wildman–Crippen LogP) is 1.63. The Labute approximate surface area is 229 Å². The average molecular weight is 550 g/mol. The van der Waals surface area contributed by atoms with Gasteiger partial charge in [0.15, 0.2) is 11.4 Å². The van der Waals surface area contributed by atoms with Crippen molar-refractivity contribution in [1.29, 1.82) is 0 Å². The number of aliphatic hydroxyl groups excluding tert-OH is 2. The third-order valence-corrected chi connectivity index (χ3v) is 8.68. The SMILES string of the molecule is CN(C)C1C(O)=C(C(N)=O)C(=O)[C@]2(O)C(O)=C3C(=O)c4c(O)ccc(-c5ccc(CNC6CC6)o5)c4C[C@@H]3C[C@H]12. The van der Waals surface area contributed by atoms with Gasteiger partial charge in [0.05, 0.1) is 18.2 Å². The van der Waals surface area contributed by atoms with E-state index in [1.54, 1.807) is 26.2 Å². The summed E-state index contributed by atoms with van der Waals surface area (Å²) in [6.07, 6.45) is 2.49. The van der Waals surface area contributed by atoms with Crippen LogP contribution in [0.4, 0.5) is 0 Å². The van der Waals surface area contributed by atoms with Gasteiger partial charge in [-0.25, -0.2) is 0 Å². The number of phenols is 1.